The lowest BCUT2D eigenvalue weighted by Crippen LogP contribution is -2.48. The van der Waals surface area contributed by atoms with Gasteiger partial charge in [-0.3, -0.25) is 9.69 Å². The molecule has 2 aromatic rings. The number of halogens is 1. The summed E-state index contributed by atoms with van der Waals surface area (Å²) < 4.78 is 25.3. The number of carbonyl (C=O) groups excluding carboxylic acids is 3. The van der Waals surface area contributed by atoms with Crippen molar-refractivity contribution in [2.75, 3.05) is 31.1 Å². The van der Waals surface area contributed by atoms with Crippen LogP contribution in [0.5, 0.6) is 0 Å². The molecular formula is C23H24FN3O5. The molecule has 2 heterocycles. The Labute approximate surface area is 184 Å². The standard InChI is InChI=1S/C23H24FN3O5/c1-15(28)25-10-19-13-27(23(30)32-19)18-7-8-20(21(24)9-18)17-11-26(12-17)22(29)31-14-16-5-3-2-4-6-16/h2-9,17,19H,10-14H2,1H3,(H,25,28)/t19-/m1/s1. The third kappa shape index (κ3) is 4.82. The van der Waals surface area contributed by atoms with Crippen LogP contribution in [0.1, 0.15) is 24.0 Å². The van der Waals surface area contributed by atoms with Crippen LogP contribution in [-0.2, 0) is 20.9 Å². The Morgan fingerprint density at radius 2 is 1.91 bits per heavy atom. The van der Waals surface area contributed by atoms with Crippen molar-refractivity contribution in [1.29, 1.82) is 0 Å². The first-order valence-electron chi connectivity index (χ1n) is 10.4. The molecule has 8 nitrogen and oxygen atoms in total. The summed E-state index contributed by atoms with van der Waals surface area (Å²) in [5.41, 5.74) is 1.78. The minimum Gasteiger partial charge on any atom is -0.445 e. The number of cyclic esters (lactones) is 1. The fourth-order valence-corrected chi connectivity index (χ4v) is 3.75. The maximum absolute atomic E-state index is 14.8. The molecule has 32 heavy (non-hydrogen) atoms. The van der Waals surface area contributed by atoms with Gasteiger partial charge >= 0.3 is 12.2 Å². The van der Waals surface area contributed by atoms with Gasteiger partial charge in [0.05, 0.1) is 18.8 Å². The maximum Gasteiger partial charge on any atom is 0.414 e. The summed E-state index contributed by atoms with van der Waals surface area (Å²) in [6.45, 7) is 2.74. The molecule has 9 heteroatoms. The van der Waals surface area contributed by atoms with Crippen molar-refractivity contribution < 1.29 is 28.2 Å². The molecule has 0 aromatic heterocycles. The van der Waals surface area contributed by atoms with E-state index in [2.05, 4.69) is 5.32 Å². The Kier molecular flexibility index (Phi) is 6.25. The molecule has 1 N–H and O–H groups in total. The van der Waals surface area contributed by atoms with E-state index in [4.69, 9.17) is 9.47 Å². The fourth-order valence-electron chi connectivity index (χ4n) is 3.75. The first-order valence-corrected chi connectivity index (χ1v) is 10.4. The van der Waals surface area contributed by atoms with Crippen LogP contribution >= 0.6 is 0 Å². The Balaban J connectivity index is 1.30. The van der Waals surface area contributed by atoms with Crippen molar-refractivity contribution in [1.82, 2.24) is 10.2 Å². The molecule has 3 amide bonds. The molecule has 2 fully saturated rings. The number of rotatable bonds is 6. The Morgan fingerprint density at radius 3 is 2.59 bits per heavy atom. The zero-order chi connectivity index (χ0) is 22.7. The lowest BCUT2D eigenvalue weighted by atomic mass is 9.91. The highest BCUT2D eigenvalue weighted by molar-refractivity contribution is 5.89. The number of anilines is 1. The SMILES string of the molecule is CC(=O)NC[C@@H]1CN(c2ccc(C3CN(C(=O)OCc4ccccc4)C3)c(F)c2)C(=O)O1. The van der Waals surface area contributed by atoms with E-state index in [1.807, 2.05) is 30.3 Å². The highest BCUT2D eigenvalue weighted by Gasteiger charge is 2.36. The molecule has 0 bridgehead atoms. The first-order chi connectivity index (χ1) is 15.4. The minimum atomic E-state index is -0.580. The Hall–Kier alpha value is -3.62. The predicted octanol–water partition coefficient (Wildman–Crippen LogP) is 3.02. The number of likely N-dealkylation sites (tertiary alicyclic amines) is 1. The molecule has 2 aromatic carbocycles. The van der Waals surface area contributed by atoms with Gasteiger partial charge in [0, 0.05) is 25.9 Å². The molecule has 2 saturated heterocycles. The smallest absolute Gasteiger partial charge is 0.414 e. The van der Waals surface area contributed by atoms with Crippen LogP contribution in [-0.4, -0.2) is 55.3 Å². The summed E-state index contributed by atoms with van der Waals surface area (Å²) in [5, 5.41) is 2.60. The van der Waals surface area contributed by atoms with Gasteiger partial charge in [-0.05, 0) is 23.3 Å². The number of nitrogens with one attached hydrogen (secondary N) is 1. The summed E-state index contributed by atoms with van der Waals surface area (Å²) in [7, 11) is 0. The van der Waals surface area contributed by atoms with Crippen molar-refractivity contribution in [3.05, 3.63) is 65.5 Å². The van der Waals surface area contributed by atoms with E-state index in [-0.39, 0.29) is 31.5 Å². The topological polar surface area (TPSA) is 88.2 Å². The van der Waals surface area contributed by atoms with E-state index in [0.29, 0.717) is 24.3 Å². The van der Waals surface area contributed by atoms with Crippen molar-refractivity contribution in [2.24, 2.45) is 0 Å². The van der Waals surface area contributed by atoms with E-state index in [0.717, 1.165) is 5.56 Å². The third-order valence-electron chi connectivity index (χ3n) is 5.53. The predicted molar refractivity (Wildman–Crippen MR) is 114 cm³/mol. The van der Waals surface area contributed by atoms with E-state index in [1.165, 1.54) is 22.8 Å². The average molecular weight is 441 g/mol. The van der Waals surface area contributed by atoms with E-state index in [9.17, 15) is 18.8 Å². The molecule has 4 rings (SSSR count). The van der Waals surface area contributed by atoms with Gasteiger partial charge in [-0.2, -0.15) is 0 Å². The van der Waals surface area contributed by atoms with Gasteiger partial charge in [-0.1, -0.05) is 36.4 Å². The van der Waals surface area contributed by atoms with E-state index >= 15 is 0 Å². The summed E-state index contributed by atoms with van der Waals surface area (Å²) in [5.74, 6) is -0.789. The molecule has 2 aliphatic rings. The monoisotopic (exact) mass is 441 g/mol. The molecule has 0 saturated carbocycles. The van der Waals surface area contributed by atoms with Crippen LogP contribution in [0.3, 0.4) is 0 Å². The molecule has 2 aliphatic heterocycles. The van der Waals surface area contributed by atoms with Crippen molar-refractivity contribution in [3.63, 3.8) is 0 Å². The van der Waals surface area contributed by atoms with Crippen LogP contribution in [0.15, 0.2) is 48.5 Å². The van der Waals surface area contributed by atoms with Gasteiger partial charge in [-0.25, -0.2) is 14.0 Å². The van der Waals surface area contributed by atoms with Gasteiger partial charge in [0.25, 0.3) is 0 Å². The van der Waals surface area contributed by atoms with Gasteiger partial charge < -0.3 is 19.7 Å². The first kappa shape index (κ1) is 21.6. The third-order valence-corrected chi connectivity index (χ3v) is 5.53. The van der Waals surface area contributed by atoms with E-state index < -0.39 is 24.1 Å². The summed E-state index contributed by atoms with van der Waals surface area (Å²) in [6, 6.07) is 14.0. The summed E-state index contributed by atoms with van der Waals surface area (Å²) in [4.78, 5) is 38.2. The average Bonchev–Trinajstić information content (AvgIpc) is 3.12. The second kappa shape index (κ2) is 9.25. The normalized spacial score (nSPS) is 18.2. The van der Waals surface area contributed by atoms with Gasteiger partial charge in [0.2, 0.25) is 5.91 Å². The number of nitrogens with zero attached hydrogens (tertiary/aromatic N) is 2. The van der Waals surface area contributed by atoms with E-state index in [1.54, 1.807) is 12.1 Å². The Bertz CT molecular complexity index is 1010. The molecule has 0 spiro atoms. The number of hydrogen-bond donors (Lipinski definition) is 1. The minimum absolute atomic E-state index is 0.133. The highest BCUT2D eigenvalue weighted by atomic mass is 19.1. The molecule has 0 radical (unpaired) electrons. The molecule has 0 unspecified atom stereocenters. The second-order valence-electron chi connectivity index (χ2n) is 7.90. The molecule has 0 aliphatic carbocycles. The molecular weight excluding hydrogens is 417 g/mol. The largest absolute Gasteiger partial charge is 0.445 e. The van der Waals surface area contributed by atoms with Crippen molar-refractivity contribution >= 4 is 23.8 Å². The number of carbonyl (C=O) groups is 3. The second-order valence-corrected chi connectivity index (χ2v) is 7.90. The Morgan fingerprint density at radius 1 is 1.16 bits per heavy atom. The number of hydrogen-bond acceptors (Lipinski definition) is 5. The van der Waals surface area contributed by atoms with Crippen LogP contribution in [0.4, 0.5) is 19.7 Å². The molecule has 168 valence electrons. The van der Waals surface area contributed by atoms with Crippen LogP contribution in [0, 0.1) is 5.82 Å². The van der Waals surface area contributed by atoms with Gasteiger partial charge in [0.1, 0.15) is 18.5 Å². The van der Waals surface area contributed by atoms with Gasteiger partial charge in [-0.15, -0.1) is 0 Å². The lowest BCUT2D eigenvalue weighted by molar-refractivity contribution is -0.119. The zero-order valence-corrected chi connectivity index (χ0v) is 17.6. The van der Waals surface area contributed by atoms with Crippen LogP contribution in [0.25, 0.3) is 0 Å². The lowest BCUT2D eigenvalue weighted by Gasteiger charge is -2.38. The fraction of sp³-hybridized carbons (Fsp3) is 0.348. The zero-order valence-electron chi connectivity index (χ0n) is 17.6. The number of benzene rings is 2. The molecule has 1 atom stereocenters. The highest BCUT2D eigenvalue weighted by Crippen LogP contribution is 2.32. The van der Waals surface area contributed by atoms with Crippen molar-refractivity contribution in [2.45, 2.75) is 25.6 Å². The van der Waals surface area contributed by atoms with Crippen LogP contribution in [0.2, 0.25) is 0 Å². The quantitative estimate of drug-likeness (QED) is 0.745. The summed E-state index contributed by atoms with van der Waals surface area (Å²) in [6.07, 6.45) is -1.49. The number of amides is 3. The number of ether oxygens (including phenoxy) is 2. The summed E-state index contributed by atoms with van der Waals surface area (Å²) >= 11 is 0. The van der Waals surface area contributed by atoms with Crippen molar-refractivity contribution in [3.8, 4) is 0 Å². The van der Waals surface area contributed by atoms with Crippen LogP contribution < -0.4 is 10.2 Å². The van der Waals surface area contributed by atoms with Gasteiger partial charge in [0.15, 0.2) is 0 Å². The maximum atomic E-state index is 14.8.